The predicted octanol–water partition coefficient (Wildman–Crippen LogP) is 3.26. The van der Waals surface area contributed by atoms with Crippen LogP contribution >= 0.6 is 0 Å². The molecule has 0 unspecified atom stereocenters. The molecule has 5 nitrogen and oxygen atoms in total. The molecule has 0 saturated heterocycles. The molecule has 1 aromatic heterocycles. The molecule has 108 valence electrons. The Morgan fingerprint density at radius 1 is 1.10 bits per heavy atom. The summed E-state index contributed by atoms with van der Waals surface area (Å²) in [7, 11) is 3.19. The van der Waals surface area contributed by atoms with Crippen molar-refractivity contribution in [3.8, 4) is 28.6 Å². The van der Waals surface area contributed by atoms with E-state index < -0.39 is 0 Å². The monoisotopic (exact) mass is 284 g/mol. The van der Waals surface area contributed by atoms with Gasteiger partial charge >= 0.3 is 0 Å². The van der Waals surface area contributed by atoms with Crippen molar-refractivity contribution in [1.82, 2.24) is 9.97 Å². The van der Waals surface area contributed by atoms with E-state index in [1.807, 2.05) is 25.1 Å². The Labute approximate surface area is 122 Å². The van der Waals surface area contributed by atoms with E-state index in [1.54, 1.807) is 26.4 Å². The zero-order chi connectivity index (χ0) is 15.0. The summed E-state index contributed by atoms with van der Waals surface area (Å²) in [5.41, 5.74) is 3.29. The number of aromatic amines is 1. The molecule has 1 heterocycles. The Bertz CT molecular complexity index is 768. The molecule has 0 radical (unpaired) electrons. The third kappa shape index (κ3) is 2.16. The van der Waals surface area contributed by atoms with Gasteiger partial charge in [0.1, 0.15) is 11.6 Å². The second-order valence-electron chi connectivity index (χ2n) is 4.76. The maximum atomic E-state index is 9.82. The van der Waals surface area contributed by atoms with E-state index in [0.29, 0.717) is 17.3 Å². The van der Waals surface area contributed by atoms with Gasteiger partial charge < -0.3 is 19.6 Å². The smallest absolute Gasteiger partial charge is 0.163 e. The van der Waals surface area contributed by atoms with Crippen molar-refractivity contribution >= 4 is 11.0 Å². The van der Waals surface area contributed by atoms with Crippen molar-refractivity contribution < 1.29 is 14.6 Å². The van der Waals surface area contributed by atoms with Gasteiger partial charge in [-0.1, -0.05) is 12.1 Å². The highest BCUT2D eigenvalue weighted by Gasteiger charge is 2.13. The Morgan fingerprint density at radius 2 is 1.81 bits per heavy atom. The minimum atomic E-state index is 0.253. The van der Waals surface area contributed by atoms with Gasteiger partial charge in [0.05, 0.1) is 25.3 Å². The molecule has 2 N–H and O–H groups in total. The number of imidazole rings is 1. The summed E-state index contributed by atoms with van der Waals surface area (Å²) >= 11 is 0. The number of ether oxygens (including phenoxy) is 2. The number of phenolic OH excluding ortho intramolecular Hbond substituents is 1. The van der Waals surface area contributed by atoms with Crippen molar-refractivity contribution in [3.63, 3.8) is 0 Å². The molecule has 2 aromatic carbocycles. The summed E-state index contributed by atoms with van der Waals surface area (Å²) in [6.07, 6.45) is 0. The normalized spacial score (nSPS) is 10.8. The molecule has 3 aromatic rings. The van der Waals surface area contributed by atoms with Crippen molar-refractivity contribution in [2.75, 3.05) is 14.2 Å². The van der Waals surface area contributed by atoms with Gasteiger partial charge in [-0.25, -0.2) is 4.98 Å². The minimum Gasteiger partial charge on any atom is -0.508 e. The first kappa shape index (κ1) is 13.3. The van der Waals surface area contributed by atoms with Crippen LogP contribution in [0.25, 0.3) is 22.4 Å². The number of methoxy groups -OCH3 is 2. The topological polar surface area (TPSA) is 67.4 Å². The number of rotatable bonds is 3. The zero-order valence-electron chi connectivity index (χ0n) is 12.1. The van der Waals surface area contributed by atoms with E-state index in [4.69, 9.17) is 9.47 Å². The molecule has 0 fully saturated rings. The lowest BCUT2D eigenvalue weighted by atomic mass is 10.1. The number of hydrogen-bond acceptors (Lipinski definition) is 4. The lowest BCUT2D eigenvalue weighted by Gasteiger charge is -2.06. The Hall–Kier alpha value is -2.69. The van der Waals surface area contributed by atoms with Crippen molar-refractivity contribution in [2.24, 2.45) is 0 Å². The van der Waals surface area contributed by atoms with Crippen LogP contribution in [0.4, 0.5) is 0 Å². The molecular formula is C16H16N2O3. The minimum absolute atomic E-state index is 0.253. The Kier molecular flexibility index (Phi) is 3.17. The standard InChI is InChI=1S/C16H16N2O3/c1-9-10(5-4-6-13(9)19)16-17-11-7-14(20-2)15(21-3)8-12(11)18-16/h4-8,19H,1-3H3,(H,17,18). The number of hydrogen-bond donors (Lipinski definition) is 2. The SMILES string of the molecule is COc1cc2nc(-c3cccc(O)c3C)[nH]c2cc1OC. The second-order valence-corrected chi connectivity index (χ2v) is 4.76. The third-order valence-electron chi connectivity index (χ3n) is 3.55. The molecule has 0 amide bonds. The summed E-state index contributed by atoms with van der Waals surface area (Å²) < 4.78 is 10.6. The zero-order valence-corrected chi connectivity index (χ0v) is 12.1. The first-order valence-electron chi connectivity index (χ1n) is 6.54. The third-order valence-corrected chi connectivity index (χ3v) is 3.55. The van der Waals surface area contributed by atoms with Gasteiger partial charge in [-0.2, -0.15) is 0 Å². The van der Waals surface area contributed by atoms with E-state index in [0.717, 1.165) is 22.2 Å². The molecule has 21 heavy (non-hydrogen) atoms. The average Bonchev–Trinajstić information content (AvgIpc) is 2.90. The number of nitrogens with zero attached hydrogens (tertiary/aromatic N) is 1. The molecule has 0 bridgehead atoms. The molecular weight excluding hydrogens is 268 g/mol. The van der Waals surface area contributed by atoms with Crippen LogP contribution in [0.3, 0.4) is 0 Å². The van der Waals surface area contributed by atoms with Crippen LogP contribution in [0.2, 0.25) is 0 Å². The van der Waals surface area contributed by atoms with Gasteiger partial charge in [0, 0.05) is 23.3 Å². The van der Waals surface area contributed by atoms with Gasteiger partial charge in [0.25, 0.3) is 0 Å². The van der Waals surface area contributed by atoms with Crippen LogP contribution < -0.4 is 9.47 Å². The fourth-order valence-electron chi connectivity index (χ4n) is 2.34. The second kappa shape index (κ2) is 5.01. The number of aromatic hydroxyl groups is 1. The summed E-state index contributed by atoms with van der Waals surface area (Å²) in [5, 5.41) is 9.82. The molecule has 0 atom stereocenters. The van der Waals surface area contributed by atoms with Crippen LogP contribution in [-0.2, 0) is 0 Å². The predicted molar refractivity (Wildman–Crippen MR) is 81.0 cm³/mol. The molecule has 0 aliphatic rings. The van der Waals surface area contributed by atoms with Crippen LogP contribution in [0.5, 0.6) is 17.2 Å². The number of phenols is 1. The van der Waals surface area contributed by atoms with E-state index in [2.05, 4.69) is 9.97 Å². The fourth-order valence-corrected chi connectivity index (χ4v) is 2.34. The largest absolute Gasteiger partial charge is 0.508 e. The van der Waals surface area contributed by atoms with Crippen LogP contribution in [0.1, 0.15) is 5.56 Å². The highest BCUT2D eigenvalue weighted by molar-refractivity contribution is 5.83. The van der Waals surface area contributed by atoms with E-state index in [1.165, 1.54) is 0 Å². The summed E-state index contributed by atoms with van der Waals surface area (Å²) in [6, 6.07) is 9.05. The van der Waals surface area contributed by atoms with Crippen molar-refractivity contribution in [1.29, 1.82) is 0 Å². The Morgan fingerprint density at radius 3 is 2.52 bits per heavy atom. The van der Waals surface area contributed by atoms with Crippen LogP contribution in [0.15, 0.2) is 30.3 Å². The summed E-state index contributed by atoms with van der Waals surface area (Å²) in [5.74, 6) is 2.24. The first-order chi connectivity index (χ1) is 10.1. The molecule has 5 heteroatoms. The highest BCUT2D eigenvalue weighted by atomic mass is 16.5. The number of nitrogens with one attached hydrogen (secondary N) is 1. The molecule has 0 aliphatic heterocycles. The van der Waals surface area contributed by atoms with Gasteiger partial charge in [0.2, 0.25) is 0 Å². The molecule has 3 rings (SSSR count). The number of benzene rings is 2. The fraction of sp³-hybridized carbons (Fsp3) is 0.188. The van der Waals surface area contributed by atoms with Crippen LogP contribution in [-0.4, -0.2) is 29.3 Å². The molecule has 0 saturated carbocycles. The lowest BCUT2D eigenvalue weighted by Crippen LogP contribution is -1.89. The molecule has 0 aliphatic carbocycles. The summed E-state index contributed by atoms with van der Waals surface area (Å²) in [6.45, 7) is 1.86. The van der Waals surface area contributed by atoms with Crippen molar-refractivity contribution in [2.45, 2.75) is 6.92 Å². The number of H-pyrrole nitrogens is 1. The summed E-state index contributed by atoms with van der Waals surface area (Å²) in [4.78, 5) is 7.81. The Balaban J connectivity index is 2.19. The van der Waals surface area contributed by atoms with Gasteiger partial charge in [-0.3, -0.25) is 0 Å². The lowest BCUT2D eigenvalue weighted by molar-refractivity contribution is 0.356. The van der Waals surface area contributed by atoms with E-state index in [-0.39, 0.29) is 5.75 Å². The maximum Gasteiger partial charge on any atom is 0.163 e. The van der Waals surface area contributed by atoms with E-state index >= 15 is 0 Å². The number of aromatic nitrogens is 2. The highest BCUT2D eigenvalue weighted by Crippen LogP contribution is 2.34. The maximum absolute atomic E-state index is 9.82. The van der Waals surface area contributed by atoms with Gasteiger partial charge in [0.15, 0.2) is 11.5 Å². The van der Waals surface area contributed by atoms with Gasteiger partial charge in [-0.05, 0) is 13.0 Å². The average molecular weight is 284 g/mol. The van der Waals surface area contributed by atoms with Crippen molar-refractivity contribution in [3.05, 3.63) is 35.9 Å². The van der Waals surface area contributed by atoms with E-state index in [9.17, 15) is 5.11 Å². The van der Waals surface area contributed by atoms with Crippen LogP contribution in [0, 0.1) is 6.92 Å². The first-order valence-corrected chi connectivity index (χ1v) is 6.54. The molecule has 0 spiro atoms. The quantitative estimate of drug-likeness (QED) is 0.774. The number of fused-ring (bicyclic) bond motifs is 1. The van der Waals surface area contributed by atoms with Gasteiger partial charge in [-0.15, -0.1) is 0 Å².